The Kier molecular flexibility index (Phi) is 7.05. The summed E-state index contributed by atoms with van der Waals surface area (Å²) < 4.78 is 0. The maximum absolute atomic E-state index is 2.33. The van der Waals surface area contributed by atoms with Gasteiger partial charge >= 0.3 is 0 Å². The lowest BCUT2D eigenvalue weighted by atomic mass is 9.93. The van der Waals surface area contributed by atoms with Gasteiger partial charge in [-0.1, -0.05) is 84.9 Å². The smallest absolute Gasteiger partial charge is 0.0464 e. The summed E-state index contributed by atoms with van der Waals surface area (Å²) in [6.45, 7) is 8.63. The normalized spacial score (nSPS) is 11.4. The second kappa shape index (κ2) is 10.7. The van der Waals surface area contributed by atoms with Crippen LogP contribution >= 0.6 is 0 Å². The molecule has 1 heteroatoms. The molecule has 0 fully saturated rings. The Labute approximate surface area is 221 Å². The molecule has 0 unspecified atom stereocenters. The zero-order valence-electron chi connectivity index (χ0n) is 22.1. The third-order valence-electron chi connectivity index (χ3n) is 6.88. The highest BCUT2D eigenvalue weighted by Crippen LogP contribution is 2.36. The predicted octanol–water partition coefficient (Wildman–Crippen LogP) is 9.98. The minimum absolute atomic E-state index is 1.14. The van der Waals surface area contributed by atoms with E-state index in [9.17, 15) is 0 Å². The summed E-state index contributed by atoms with van der Waals surface area (Å²) in [5, 5.41) is 0. The van der Waals surface area contributed by atoms with Gasteiger partial charge in [-0.25, -0.2) is 0 Å². The van der Waals surface area contributed by atoms with Crippen molar-refractivity contribution >= 4 is 28.7 Å². The van der Waals surface area contributed by atoms with Gasteiger partial charge in [0.25, 0.3) is 0 Å². The van der Waals surface area contributed by atoms with E-state index in [0.717, 1.165) is 17.1 Å². The van der Waals surface area contributed by atoms with Gasteiger partial charge in [-0.2, -0.15) is 0 Å². The Bertz CT molecular complexity index is 1500. The molecule has 0 amide bonds. The van der Waals surface area contributed by atoms with Crippen molar-refractivity contribution < 1.29 is 0 Å². The van der Waals surface area contributed by atoms with Crippen molar-refractivity contribution in [3.8, 4) is 0 Å². The van der Waals surface area contributed by atoms with E-state index in [1.165, 1.54) is 44.5 Å². The molecule has 0 N–H and O–H groups in total. The molecule has 0 aliphatic heterocycles. The van der Waals surface area contributed by atoms with Gasteiger partial charge in [0.05, 0.1) is 0 Å². The fourth-order valence-corrected chi connectivity index (χ4v) is 4.73. The van der Waals surface area contributed by atoms with E-state index >= 15 is 0 Å². The van der Waals surface area contributed by atoms with Gasteiger partial charge in [-0.05, 0) is 115 Å². The third-order valence-corrected chi connectivity index (χ3v) is 6.88. The molecule has 0 heterocycles. The van der Waals surface area contributed by atoms with Crippen LogP contribution in [0.4, 0.5) is 17.1 Å². The van der Waals surface area contributed by atoms with Gasteiger partial charge in [-0.15, -0.1) is 0 Å². The molecule has 5 aromatic carbocycles. The minimum Gasteiger partial charge on any atom is -0.310 e. The molecule has 0 radical (unpaired) electrons. The maximum Gasteiger partial charge on any atom is 0.0464 e. The van der Waals surface area contributed by atoms with Crippen LogP contribution in [0.15, 0.2) is 121 Å². The highest BCUT2D eigenvalue weighted by molar-refractivity contribution is 5.92. The number of hydrogen-bond donors (Lipinski definition) is 0. The monoisotopic (exact) mass is 479 g/mol. The lowest BCUT2D eigenvalue weighted by molar-refractivity contribution is 1.26. The van der Waals surface area contributed by atoms with E-state index in [1.54, 1.807) is 0 Å². The molecule has 0 atom stereocenters. The van der Waals surface area contributed by atoms with Crippen LogP contribution < -0.4 is 4.90 Å². The predicted molar refractivity (Wildman–Crippen MR) is 160 cm³/mol. The van der Waals surface area contributed by atoms with Gasteiger partial charge in [0.15, 0.2) is 0 Å². The van der Waals surface area contributed by atoms with Crippen LogP contribution in [-0.2, 0) is 0 Å². The van der Waals surface area contributed by atoms with Crippen molar-refractivity contribution in [2.45, 2.75) is 27.7 Å². The Hall–Kier alpha value is -4.36. The first kappa shape index (κ1) is 24.3. The number of hydrogen-bond acceptors (Lipinski definition) is 1. The van der Waals surface area contributed by atoms with Crippen molar-refractivity contribution in [3.63, 3.8) is 0 Å². The SMILES string of the molecule is Cc1cccc(N(c2ccc(/C=C(\c3ccccc3)c3ccc(C)c(C)c3)cc2)c2cccc(C)c2)c1. The molecule has 0 aromatic heterocycles. The second-order valence-corrected chi connectivity index (χ2v) is 9.83. The minimum atomic E-state index is 1.14. The molecule has 5 rings (SSSR count). The van der Waals surface area contributed by atoms with E-state index in [4.69, 9.17) is 0 Å². The molecule has 0 spiro atoms. The Morgan fingerprint density at radius 1 is 0.486 bits per heavy atom. The van der Waals surface area contributed by atoms with Gasteiger partial charge in [0.2, 0.25) is 0 Å². The Morgan fingerprint density at radius 2 is 1.11 bits per heavy atom. The number of rotatable bonds is 6. The molecular weight excluding hydrogens is 446 g/mol. The maximum atomic E-state index is 2.33. The van der Waals surface area contributed by atoms with Crippen molar-refractivity contribution in [3.05, 3.63) is 160 Å². The van der Waals surface area contributed by atoms with Crippen molar-refractivity contribution in [2.75, 3.05) is 4.90 Å². The van der Waals surface area contributed by atoms with Crippen LogP contribution in [-0.4, -0.2) is 0 Å². The average molecular weight is 480 g/mol. The highest BCUT2D eigenvalue weighted by atomic mass is 15.1. The van der Waals surface area contributed by atoms with Gasteiger partial charge in [0, 0.05) is 17.1 Å². The molecule has 182 valence electrons. The summed E-state index contributed by atoms with van der Waals surface area (Å²) in [5.74, 6) is 0. The van der Waals surface area contributed by atoms with Crippen LogP contribution in [0.1, 0.15) is 38.9 Å². The molecule has 0 saturated heterocycles. The van der Waals surface area contributed by atoms with Gasteiger partial charge in [0.1, 0.15) is 0 Å². The van der Waals surface area contributed by atoms with Crippen LogP contribution in [0.25, 0.3) is 11.6 Å². The Balaban J connectivity index is 1.58. The van der Waals surface area contributed by atoms with E-state index < -0.39 is 0 Å². The summed E-state index contributed by atoms with van der Waals surface area (Å²) in [5.41, 5.74) is 13.4. The van der Waals surface area contributed by atoms with Crippen LogP contribution in [0, 0.1) is 27.7 Å². The molecule has 0 bridgehead atoms. The number of aryl methyl sites for hydroxylation is 4. The van der Waals surface area contributed by atoms with Crippen molar-refractivity contribution in [1.82, 2.24) is 0 Å². The second-order valence-electron chi connectivity index (χ2n) is 9.83. The number of nitrogens with zero attached hydrogens (tertiary/aromatic N) is 1. The van der Waals surface area contributed by atoms with Crippen LogP contribution in [0.2, 0.25) is 0 Å². The first-order valence-electron chi connectivity index (χ1n) is 12.9. The average Bonchev–Trinajstić information content (AvgIpc) is 2.91. The zero-order valence-corrected chi connectivity index (χ0v) is 22.1. The van der Waals surface area contributed by atoms with Crippen LogP contribution in [0.5, 0.6) is 0 Å². The lowest BCUT2D eigenvalue weighted by Crippen LogP contribution is -2.10. The molecule has 0 aliphatic rings. The zero-order chi connectivity index (χ0) is 25.8. The number of benzene rings is 5. The van der Waals surface area contributed by atoms with Crippen molar-refractivity contribution in [1.29, 1.82) is 0 Å². The van der Waals surface area contributed by atoms with Gasteiger partial charge < -0.3 is 4.90 Å². The molecule has 5 aromatic rings. The largest absolute Gasteiger partial charge is 0.310 e. The Morgan fingerprint density at radius 3 is 1.68 bits per heavy atom. The van der Waals surface area contributed by atoms with E-state index in [0.29, 0.717) is 0 Å². The van der Waals surface area contributed by atoms with Crippen LogP contribution in [0.3, 0.4) is 0 Å². The quantitative estimate of drug-likeness (QED) is 0.219. The van der Waals surface area contributed by atoms with E-state index in [2.05, 4.69) is 160 Å². The highest BCUT2D eigenvalue weighted by Gasteiger charge is 2.13. The first-order valence-corrected chi connectivity index (χ1v) is 12.9. The topological polar surface area (TPSA) is 3.24 Å². The lowest BCUT2D eigenvalue weighted by Gasteiger charge is -2.26. The van der Waals surface area contributed by atoms with E-state index in [1.807, 2.05) is 0 Å². The summed E-state index contributed by atoms with van der Waals surface area (Å²) in [4.78, 5) is 2.33. The van der Waals surface area contributed by atoms with Crippen molar-refractivity contribution in [2.24, 2.45) is 0 Å². The van der Waals surface area contributed by atoms with E-state index in [-0.39, 0.29) is 0 Å². The molecule has 0 saturated carbocycles. The third kappa shape index (κ3) is 5.57. The standard InChI is InChI=1S/C36H33N/c1-26-10-8-14-34(22-26)37(35-15-9-11-27(2)23-35)33-20-17-30(18-21-33)25-36(31-12-6-5-7-13-31)32-19-16-28(3)29(4)24-32/h5-25H,1-4H3/b36-25+. The fourth-order valence-electron chi connectivity index (χ4n) is 4.73. The fraction of sp³-hybridized carbons (Fsp3) is 0.111. The number of anilines is 3. The van der Waals surface area contributed by atoms with Gasteiger partial charge in [-0.3, -0.25) is 0 Å². The molecule has 0 aliphatic carbocycles. The molecular formula is C36H33N. The molecule has 1 nitrogen and oxygen atoms in total. The molecule has 37 heavy (non-hydrogen) atoms. The summed E-state index contributed by atoms with van der Waals surface area (Å²) in [6.07, 6.45) is 2.30. The summed E-state index contributed by atoms with van der Waals surface area (Å²) in [7, 11) is 0. The summed E-state index contributed by atoms with van der Waals surface area (Å²) >= 11 is 0. The summed E-state index contributed by atoms with van der Waals surface area (Å²) in [6, 6.07) is 43.6. The first-order chi connectivity index (χ1) is 18.0.